The van der Waals surface area contributed by atoms with E-state index in [-0.39, 0.29) is 29.2 Å². The quantitative estimate of drug-likeness (QED) is 0.384. The van der Waals surface area contributed by atoms with Crippen molar-refractivity contribution in [2.75, 3.05) is 19.3 Å². The van der Waals surface area contributed by atoms with Crippen LogP contribution in [0.1, 0.15) is 61.7 Å². The van der Waals surface area contributed by atoms with E-state index >= 15 is 0 Å². The highest BCUT2D eigenvalue weighted by Gasteiger charge is 2.29. The van der Waals surface area contributed by atoms with Crippen LogP contribution in [0.15, 0.2) is 40.6 Å². The van der Waals surface area contributed by atoms with Gasteiger partial charge in [0.05, 0.1) is 21.3 Å². The number of benzene rings is 1. The number of rotatable bonds is 6. The van der Waals surface area contributed by atoms with Crippen molar-refractivity contribution in [1.29, 1.82) is 0 Å². The number of nitrogens with one attached hydrogen (secondary N) is 1. The number of sulfone groups is 1. The van der Waals surface area contributed by atoms with Crippen LogP contribution < -0.4 is 5.32 Å². The van der Waals surface area contributed by atoms with Crippen LogP contribution in [0.2, 0.25) is 0 Å². The number of carbonyl (C=O) groups excluding carboxylic acids is 2. The predicted octanol–water partition coefficient (Wildman–Crippen LogP) is 2.55. The first-order valence-electron chi connectivity index (χ1n) is 12.1. The van der Waals surface area contributed by atoms with Gasteiger partial charge in [-0.25, -0.2) is 17.9 Å². The van der Waals surface area contributed by atoms with Crippen molar-refractivity contribution < 1.29 is 18.0 Å². The molecule has 13 heteroatoms. The molecular weight excluding hydrogens is 526 g/mol. The number of carbonyl (C=O) groups is 2. The zero-order chi connectivity index (χ0) is 27.0. The summed E-state index contributed by atoms with van der Waals surface area (Å²) in [6, 6.07) is 8.23. The summed E-state index contributed by atoms with van der Waals surface area (Å²) in [4.78, 5) is 32.4. The van der Waals surface area contributed by atoms with Gasteiger partial charge in [0, 0.05) is 43.3 Å². The Morgan fingerprint density at radius 2 is 1.82 bits per heavy atom. The molecule has 5 rings (SSSR count). The number of fused-ring (bicyclic) bond motifs is 1. The molecule has 0 saturated carbocycles. The van der Waals surface area contributed by atoms with Gasteiger partial charge in [0.25, 0.3) is 11.8 Å². The zero-order valence-corrected chi connectivity index (χ0v) is 22.8. The molecule has 0 atom stereocenters. The molecular formula is C25H27N7O4S2. The van der Waals surface area contributed by atoms with Crippen LogP contribution in [0.5, 0.6) is 0 Å². The molecule has 1 N–H and O–H groups in total. The van der Waals surface area contributed by atoms with Crippen molar-refractivity contribution in [3.8, 4) is 0 Å². The summed E-state index contributed by atoms with van der Waals surface area (Å²) in [6.07, 6.45) is 2.63. The molecule has 1 saturated heterocycles. The number of amides is 2. The molecule has 0 aliphatic carbocycles. The largest absolute Gasteiger partial charge is 0.347 e. The summed E-state index contributed by atoms with van der Waals surface area (Å²) in [5.74, 6) is -0.282. The van der Waals surface area contributed by atoms with Gasteiger partial charge in [-0.05, 0) is 44.4 Å². The Morgan fingerprint density at radius 3 is 2.50 bits per heavy atom. The lowest BCUT2D eigenvalue weighted by Crippen LogP contribution is -2.39. The molecule has 4 heterocycles. The van der Waals surface area contributed by atoms with Crippen LogP contribution in [0.3, 0.4) is 0 Å². The molecule has 1 fully saturated rings. The average Bonchev–Trinajstić information content (AvgIpc) is 3.54. The topological polar surface area (TPSA) is 140 Å². The lowest BCUT2D eigenvalue weighted by atomic mass is 9.97. The minimum Gasteiger partial charge on any atom is -0.347 e. The van der Waals surface area contributed by atoms with E-state index in [1.807, 2.05) is 19.9 Å². The molecule has 3 aromatic heterocycles. The molecule has 198 valence electrons. The molecule has 0 unspecified atom stereocenters. The smallest absolute Gasteiger partial charge is 0.276 e. The lowest BCUT2D eigenvalue weighted by Gasteiger charge is -2.31. The fourth-order valence-corrected chi connectivity index (χ4v) is 6.06. The second-order valence-corrected chi connectivity index (χ2v) is 12.3. The first-order chi connectivity index (χ1) is 18.1. The van der Waals surface area contributed by atoms with Crippen LogP contribution in [-0.4, -0.2) is 69.3 Å². The Morgan fingerprint density at radius 1 is 1.11 bits per heavy atom. The second-order valence-electron chi connectivity index (χ2n) is 9.43. The first kappa shape index (κ1) is 25.9. The standard InChI is InChI=1S/C25H27N7O4S2/c1-15-12-21-28-29-22(16(2)32(21)30-15)25(34)31-10-8-18(9-11-31)24-27-20(14-37-24)23(33)26-13-17-4-6-19(7-5-17)38(3,35)36/h4-7,12,14,18H,8-11,13H2,1-3H3,(H,26,33). The van der Waals surface area contributed by atoms with Gasteiger partial charge >= 0.3 is 0 Å². The van der Waals surface area contributed by atoms with E-state index in [4.69, 9.17) is 0 Å². The van der Waals surface area contributed by atoms with E-state index in [9.17, 15) is 18.0 Å². The Balaban J connectivity index is 1.17. The third-order valence-electron chi connectivity index (χ3n) is 6.62. The van der Waals surface area contributed by atoms with Gasteiger partial charge in [-0.1, -0.05) is 12.1 Å². The van der Waals surface area contributed by atoms with E-state index < -0.39 is 9.84 Å². The number of aromatic nitrogens is 5. The van der Waals surface area contributed by atoms with E-state index in [0.717, 1.165) is 35.4 Å². The fraction of sp³-hybridized carbons (Fsp3) is 0.360. The van der Waals surface area contributed by atoms with Crippen LogP contribution in [0, 0.1) is 13.8 Å². The monoisotopic (exact) mass is 553 g/mol. The van der Waals surface area contributed by atoms with Gasteiger partial charge in [0.2, 0.25) is 0 Å². The summed E-state index contributed by atoms with van der Waals surface area (Å²) >= 11 is 1.45. The van der Waals surface area contributed by atoms with Crippen molar-refractivity contribution in [2.24, 2.45) is 0 Å². The Hall–Kier alpha value is -3.71. The molecule has 0 bridgehead atoms. The highest BCUT2D eigenvalue weighted by atomic mass is 32.2. The maximum absolute atomic E-state index is 13.2. The molecule has 1 aromatic carbocycles. The number of nitrogens with zero attached hydrogens (tertiary/aromatic N) is 6. The molecule has 11 nitrogen and oxygen atoms in total. The van der Waals surface area contributed by atoms with Crippen molar-refractivity contribution in [1.82, 2.24) is 35.0 Å². The lowest BCUT2D eigenvalue weighted by molar-refractivity contribution is 0.0704. The van der Waals surface area contributed by atoms with Gasteiger partial charge < -0.3 is 10.2 Å². The van der Waals surface area contributed by atoms with Crippen molar-refractivity contribution in [2.45, 2.75) is 44.0 Å². The molecule has 38 heavy (non-hydrogen) atoms. The highest BCUT2D eigenvalue weighted by molar-refractivity contribution is 7.90. The minimum atomic E-state index is -3.26. The van der Waals surface area contributed by atoms with Crippen LogP contribution >= 0.6 is 11.3 Å². The summed E-state index contributed by atoms with van der Waals surface area (Å²) in [6.45, 7) is 5.08. The first-order valence-corrected chi connectivity index (χ1v) is 14.9. The third-order valence-corrected chi connectivity index (χ3v) is 8.75. The van der Waals surface area contributed by atoms with Crippen LogP contribution in [-0.2, 0) is 16.4 Å². The zero-order valence-electron chi connectivity index (χ0n) is 21.2. The number of thiazole rings is 1. The highest BCUT2D eigenvalue weighted by Crippen LogP contribution is 2.31. The Kier molecular flexibility index (Phi) is 6.97. The van der Waals surface area contributed by atoms with Crippen LogP contribution in [0.25, 0.3) is 5.65 Å². The molecule has 1 aliphatic rings. The van der Waals surface area contributed by atoms with Gasteiger partial charge in [0.1, 0.15) is 5.69 Å². The Labute approximate surface area is 223 Å². The summed E-state index contributed by atoms with van der Waals surface area (Å²) in [5, 5.41) is 18.2. The summed E-state index contributed by atoms with van der Waals surface area (Å²) in [5.41, 5.74) is 3.54. The van der Waals surface area contributed by atoms with Crippen molar-refractivity contribution in [3.05, 3.63) is 69.1 Å². The summed E-state index contributed by atoms with van der Waals surface area (Å²) < 4.78 is 24.8. The molecule has 4 aromatic rings. The second kappa shape index (κ2) is 10.2. The SMILES string of the molecule is Cc1cc2nnc(C(=O)N3CCC(c4nc(C(=O)NCc5ccc(S(C)(=O)=O)cc5)cs4)CC3)c(C)n2n1. The van der Waals surface area contributed by atoms with Crippen LogP contribution in [0.4, 0.5) is 0 Å². The number of likely N-dealkylation sites (tertiary alicyclic amines) is 1. The number of aryl methyl sites for hydroxylation is 2. The minimum absolute atomic E-state index is 0.160. The molecule has 2 amide bonds. The maximum Gasteiger partial charge on any atom is 0.276 e. The number of piperidine rings is 1. The van der Waals surface area contributed by atoms with Gasteiger partial charge in [-0.3, -0.25) is 9.59 Å². The fourth-order valence-electron chi connectivity index (χ4n) is 4.46. The average molecular weight is 554 g/mol. The van der Waals surface area contributed by atoms with E-state index in [1.165, 1.54) is 23.5 Å². The van der Waals surface area contributed by atoms with Gasteiger partial charge in [-0.2, -0.15) is 5.10 Å². The van der Waals surface area contributed by atoms with E-state index in [2.05, 4.69) is 25.6 Å². The van der Waals surface area contributed by atoms with E-state index in [0.29, 0.717) is 35.8 Å². The van der Waals surface area contributed by atoms with Gasteiger partial charge in [0.15, 0.2) is 21.2 Å². The van der Waals surface area contributed by atoms with E-state index in [1.54, 1.807) is 26.9 Å². The Bertz CT molecular complexity index is 1620. The molecule has 1 aliphatic heterocycles. The number of hydrogen-bond donors (Lipinski definition) is 1. The van der Waals surface area contributed by atoms with Crippen molar-refractivity contribution in [3.63, 3.8) is 0 Å². The normalized spacial score (nSPS) is 14.7. The van der Waals surface area contributed by atoms with Crippen molar-refractivity contribution >= 4 is 38.6 Å². The predicted molar refractivity (Wildman–Crippen MR) is 141 cm³/mol. The number of hydrogen-bond acceptors (Lipinski definition) is 9. The van der Waals surface area contributed by atoms with Gasteiger partial charge in [-0.15, -0.1) is 21.5 Å². The third kappa shape index (κ3) is 5.29. The summed E-state index contributed by atoms with van der Waals surface area (Å²) in [7, 11) is -3.26. The molecule has 0 radical (unpaired) electrons. The maximum atomic E-state index is 13.2. The molecule has 0 spiro atoms.